The van der Waals surface area contributed by atoms with Gasteiger partial charge in [0.05, 0.1) is 0 Å². The molecule has 76 valence electrons. The zero-order valence-corrected chi connectivity index (χ0v) is 8.63. The predicted octanol–water partition coefficient (Wildman–Crippen LogP) is 1.92. The van der Waals surface area contributed by atoms with Crippen molar-refractivity contribution in [3.63, 3.8) is 0 Å². The van der Waals surface area contributed by atoms with Crippen molar-refractivity contribution in [1.29, 1.82) is 0 Å². The number of hydrogen-bond donors (Lipinski definition) is 2. The van der Waals surface area contributed by atoms with Crippen LogP contribution in [0.2, 0.25) is 0 Å². The van der Waals surface area contributed by atoms with Crippen LogP contribution in [0.4, 0.5) is 0 Å². The third kappa shape index (κ3) is 3.19. The monoisotopic (exact) mass is 185 g/mol. The smallest absolute Gasteiger partial charge is 0.331 e. The molecule has 3 nitrogen and oxygen atoms in total. The minimum Gasteiger partial charge on any atom is -0.478 e. The molecule has 0 aliphatic carbocycles. The van der Waals surface area contributed by atoms with Crippen LogP contribution in [0.25, 0.3) is 0 Å². The molecule has 0 amide bonds. The number of carboxylic acids is 1. The minimum absolute atomic E-state index is 0.101. The average Bonchev–Trinajstić information content (AvgIpc) is 2.12. The highest BCUT2D eigenvalue weighted by Gasteiger charge is 2.15. The summed E-state index contributed by atoms with van der Waals surface area (Å²) in [7, 11) is 0. The van der Waals surface area contributed by atoms with Crippen LogP contribution in [0.1, 0.15) is 40.0 Å². The van der Waals surface area contributed by atoms with E-state index in [1.807, 2.05) is 20.8 Å². The van der Waals surface area contributed by atoms with Gasteiger partial charge in [-0.25, -0.2) is 4.79 Å². The van der Waals surface area contributed by atoms with E-state index in [1.165, 1.54) is 0 Å². The van der Waals surface area contributed by atoms with Crippen molar-refractivity contribution in [2.75, 3.05) is 0 Å². The minimum atomic E-state index is -0.830. The summed E-state index contributed by atoms with van der Waals surface area (Å²) < 4.78 is 0. The van der Waals surface area contributed by atoms with Gasteiger partial charge in [0.25, 0.3) is 0 Å². The van der Waals surface area contributed by atoms with E-state index in [-0.39, 0.29) is 6.04 Å². The first-order chi connectivity index (χ1) is 6.08. The van der Waals surface area contributed by atoms with Crippen molar-refractivity contribution in [3.8, 4) is 0 Å². The molecule has 0 aromatic heterocycles. The largest absolute Gasteiger partial charge is 0.478 e. The fraction of sp³-hybridized carbons (Fsp3) is 0.700. The van der Waals surface area contributed by atoms with E-state index in [0.717, 1.165) is 18.4 Å². The summed E-state index contributed by atoms with van der Waals surface area (Å²) in [5.74, 6) is -0.830. The summed E-state index contributed by atoms with van der Waals surface area (Å²) in [5, 5.41) is 8.91. The van der Waals surface area contributed by atoms with E-state index in [0.29, 0.717) is 12.0 Å². The second-order valence-electron chi connectivity index (χ2n) is 3.03. The Balaban J connectivity index is 4.93. The first-order valence-electron chi connectivity index (χ1n) is 4.79. The lowest BCUT2D eigenvalue weighted by Gasteiger charge is -2.15. The van der Waals surface area contributed by atoms with Gasteiger partial charge in [0, 0.05) is 11.6 Å². The van der Waals surface area contributed by atoms with Crippen LogP contribution >= 0.6 is 0 Å². The molecule has 3 heteroatoms. The number of nitrogens with two attached hydrogens (primary N) is 1. The quantitative estimate of drug-likeness (QED) is 0.643. The maximum atomic E-state index is 10.8. The lowest BCUT2D eigenvalue weighted by Crippen LogP contribution is -2.24. The molecule has 0 radical (unpaired) electrons. The third-order valence-electron chi connectivity index (χ3n) is 2.27. The van der Waals surface area contributed by atoms with Crippen molar-refractivity contribution >= 4 is 5.97 Å². The Kier molecular flexibility index (Phi) is 5.39. The van der Waals surface area contributed by atoms with Gasteiger partial charge in [-0.05, 0) is 24.8 Å². The molecule has 0 aromatic carbocycles. The number of rotatable bonds is 5. The van der Waals surface area contributed by atoms with Crippen LogP contribution in [0.3, 0.4) is 0 Å². The van der Waals surface area contributed by atoms with Gasteiger partial charge < -0.3 is 10.8 Å². The standard InChI is InChI=1S/C10H19NO2/c1-4-7(9(11)6-3)8(5-2)10(12)13/h9H,4-6,11H2,1-3H3,(H,12,13)/b8-7+. The van der Waals surface area contributed by atoms with Crippen molar-refractivity contribution < 1.29 is 9.90 Å². The van der Waals surface area contributed by atoms with E-state index in [2.05, 4.69) is 0 Å². The highest BCUT2D eigenvalue weighted by Crippen LogP contribution is 2.17. The Morgan fingerprint density at radius 1 is 1.31 bits per heavy atom. The third-order valence-corrected chi connectivity index (χ3v) is 2.27. The first-order valence-corrected chi connectivity index (χ1v) is 4.79. The summed E-state index contributed by atoms with van der Waals surface area (Å²) in [4.78, 5) is 10.8. The molecule has 0 aromatic rings. The van der Waals surface area contributed by atoms with Crippen LogP contribution in [0.15, 0.2) is 11.1 Å². The highest BCUT2D eigenvalue weighted by molar-refractivity contribution is 5.87. The Labute approximate surface area is 79.6 Å². The second-order valence-corrected chi connectivity index (χ2v) is 3.03. The average molecular weight is 185 g/mol. The summed E-state index contributed by atoms with van der Waals surface area (Å²) in [5.41, 5.74) is 7.19. The van der Waals surface area contributed by atoms with Gasteiger partial charge in [0.2, 0.25) is 0 Å². The summed E-state index contributed by atoms with van der Waals surface area (Å²) in [6.07, 6.45) is 2.07. The lowest BCUT2D eigenvalue weighted by atomic mass is 9.95. The van der Waals surface area contributed by atoms with Gasteiger partial charge in [-0.1, -0.05) is 20.8 Å². The summed E-state index contributed by atoms with van der Waals surface area (Å²) >= 11 is 0. The van der Waals surface area contributed by atoms with E-state index in [9.17, 15) is 4.79 Å². The van der Waals surface area contributed by atoms with Gasteiger partial charge >= 0.3 is 5.97 Å². The zero-order valence-electron chi connectivity index (χ0n) is 8.63. The summed E-state index contributed by atoms with van der Waals surface area (Å²) in [6, 6.07) is -0.101. The topological polar surface area (TPSA) is 63.3 Å². The number of aliphatic carboxylic acids is 1. The van der Waals surface area contributed by atoms with Crippen molar-refractivity contribution in [3.05, 3.63) is 11.1 Å². The molecule has 0 bridgehead atoms. The van der Waals surface area contributed by atoms with E-state index >= 15 is 0 Å². The maximum Gasteiger partial charge on any atom is 0.331 e. The van der Waals surface area contributed by atoms with Gasteiger partial charge in [-0.15, -0.1) is 0 Å². The van der Waals surface area contributed by atoms with Gasteiger partial charge in [-0.3, -0.25) is 0 Å². The number of carbonyl (C=O) groups is 1. The van der Waals surface area contributed by atoms with E-state index in [1.54, 1.807) is 0 Å². The molecule has 0 rings (SSSR count). The SMILES string of the molecule is CC/C(C(=O)O)=C(/CC)C(N)CC. The highest BCUT2D eigenvalue weighted by atomic mass is 16.4. The molecule has 0 aliphatic rings. The molecule has 0 saturated heterocycles. The fourth-order valence-electron chi connectivity index (χ4n) is 1.46. The lowest BCUT2D eigenvalue weighted by molar-refractivity contribution is -0.132. The van der Waals surface area contributed by atoms with Crippen molar-refractivity contribution in [1.82, 2.24) is 0 Å². The Bertz CT molecular complexity index is 209. The second kappa shape index (κ2) is 5.75. The molecular formula is C10H19NO2. The normalized spacial score (nSPS) is 15.1. The van der Waals surface area contributed by atoms with Crippen LogP contribution in [-0.2, 0) is 4.79 Å². The van der Waals surface area contributed by atoms with Gasteiger partial charge in [-0.2, -0.15) is 0 Å². The van der Waals surface area contributed by atoms with E-state index in [4.69, 9.17) is 10.8 Å². The van der Waals surface area contributed by atoms with Crippen LogP contribution in [-0.4, -0.2) is 17.1 Å². The van der Waals surface area contributed by atoms with Crippen LogP contribution < -0.4 is 5.73 Å². The Morgan fingerprint density at radius 2 is 1.85 bits per heavy atom. The Hall–Kier alpha value is -0.830. The molecule has 0 saturated carbocycles. The molecule has 3 N–H and O–H groups in total. The molecule has 0 spiro atoms. The molecular weight excluding hydrogens is 166 g/mol. The van der Waals surface area contributed by atoms with Gasteiger partial charge in [0.1, 0.15) is 0 Å². The van der Waals surface area contributed by atoms with E-state index < -0.39 is 5.97 Å². The Morgan fingerprint density at radius 3 is 2.08 bits per heavy atom. The number of carboxylic acid groups (broad SMARTS) is 1. The molecule has 0 fully saturated rings. The molecule has 1 atom stereocenters. The fourth-order valence-corrected chi connectivity index (χ4v) is 1.46. The molecule has 1 unspecified atom stereocenters. The molecule has 13 heavy (non-hydrogen) atoms. The van der Waals surface area contributed by atoms with Crippen LogP contribution in [0.5, 0.6) is 0 Å². The van der Waals surface area contributed by atoms with Crippen molar-refractivity contribution in [2.24, 2.45) is 5.73 Å². The first kappa shape index (κ1) is 12.2. The predicted molar refractivity (Wildman–Crippen MR) is 53.5 cm³/mol. The molecule has 0 heterocycles. The van der Waals surface area contributed by atoms with Crippen LogP contribution in [0, 0.1) is 0 Å². The molecule has 0 aliphatic heterocycles. The van der Waals surface area contributed by atoms with Gasteiger partial charge in [0.15, 0.2) is 0 Å². The zero-order chi connectivity index (χ0) is 10.4. The van der Waals surface area contributed by atoms with Crippen molar-refractivity contribution in [2.45, 2.75) is 46.1 Å². The number of hydrogen-bond acceptors (Lipinski definition) is 2. The summed E-state index contributed by atoms with van der Waals surface area (Å²) in [6.45, 7) is 5.76. The maximum absolute atomic E-state index is 10.8.